The third kappa shape index (κ3) is 7.34. The van der Waals surface area contributed by atoms with Crippen molar-refractivity contribution >= 4 is 5.96 Å². The van der Waals surface area contributed by atoms with Crippen molar-refractivity contribution in [1.29, 1.82) is 0 Å². The lowest BCUT2D eigenvalue weighted by molar-refractivity contribution is -0.0265. The molecule has 0 spiro atoms. The molecule has 1 fully saturated rings. The van der Waals surface area contributed by atoms with Crippen molar-refractivity contribution in [2.24, 2.45) is 10.9 Å². The van der Waals surface area contributed by atoms with Gasteiger partial charge < -0.3 is 20.1 Å². The van der Waals surface area contributed by atoms with Crippen molar-refractivity contribution in [1.82, 2.24) is 10.6 Å². The molecule has 26 heavy (non-hydrogen) atoms. The Labute approximate surface area is 158 Å². The quantitative estimate of drug-likeness (QED) is 0.380. The van der Waals surface area contributed by atoms with Gasteiger partial charge in [-0.25, -0.2) is 0 Å². The molecule has 2 atom stereocenters. The highest BCUT2D eigenvalue weighted by Crippen LogP contribution is 2.32. The van der Waals surface area contributed by atoms with Gasteiger partial charge in [0.2, 0.25) is 0 Å². The van der Waals surface area contributed by atoms with E-state index in [9.17, 15) is 0 Å². The molecule has 146 valence electrons. The van der Waals surface area contributed by atoms with Crippen LogP contribution in [0.3, 0.4) is 0 Å². The van der Waals surface area contributed by atoms with Crippen LogP contribution in [0.25, 0.3) is 0 Å². The van der Waals surface area contributed by atoms with Gasteiger partial charge in [-0.05, 0) is 31.2 Å². The maximum absolute atomic E-state index is 6.07. The molecule has 1 aromatic carbocycles. The fourth-order valence-corrected chi connectivity index (χ4v) is 3.24. The Morgan fingerprint density at radius 1 is 1.19 bits per heavy atom. The average molecular weight is 362 g/mol. The van der Waals surface area contributed by atoms with E-state index in [1.54, 1.807) is 0 Å². The first-order valence-electron chi connectivity index (χ1n) is 10.0. The standard InChI is InChI=1S/C21H35N3O2/c1-3-4-14-25-15-9-13-23-21(22-2)24-17-19-12-8-16-26-20(19)18-10-6-5-7-11-18/h5-7,10-11,19-20H,3-4,8-9,12-17H2,1-2H3,(H2,22,23,24). The van der Waals surface area contributed by atoms with E-state index in [4.69, 9.17) is 9.47 Å². The number of aliphatic imine (C=N–C) groups is 1. The van der Waals surface area contributed by atoms with Crippen molar-refractivity contribution in [3.05, 3.63) is 35.9 Å². The van der Waals surface area contributed by atoms with Gasteiger partial charge >= 0.3 is 0 Å². The number of rotatable bonds is 10. The summed E-state index contributed by atoms with van der Waals surface area (Å²) in [7, 11) is 1.82. The average Bonchev–Trinajstić information content (AvgIpc) is 2.70. The van der Waals surface area contributed by atoms with E-state index in [1.807, 2.05) is 7.05 Å². The summed E-state index contributed by atoms with van der Waals surface area (Å²) in [5.74, 6) is 1.32. The van der Waals surface area contributed by atoms with E-state index in [2.05, 4.69) is 52.9 Å². The molecule has 0 radical (unpaired) electrons. The van der Waals surface area contributed by atoms with Crippen LogP contribution in [0.4, 0.5) is 0 Å². The minimum absolute atomic E-state index is 0.169. The van der Waals surface area contributed by atoms with E-state index in [0.29, 0.717) is 5.92 Å². The van der Waals surface area contributed by atoms with Gasteiger partial charge in [0.25, 0.3) is 0 Å². The molecule has 1 saturated heterocycles. The van der Waals surface area contributed by atoms with Crippen molar-refractivity contribution < 1.29 is 9.47 Å². The van der Waals surface area contributed by atoms with Gasteiger partial charge in [-0.3, -0.25) is 4.99 Å². The van der Waals surface area contributed by atoms with Crippen LogP contribution in [0, 0.1) is 5.92 Å². The lowest BCUT2D eigenvalue weighted by Crippen LogP contribution is -2.42. The normalized spacial score (nSPS) is 20.8. The van der Waals surface area contributed by atoms with E-state index >= 15 is 0 Å². The van der Waals surface area contributed by atoms with Crippen LogP contribution in [-0.4, -0.2) is 45.9 Å². The summed E-state index contributed by atoms with van der Waals surface area (Å²) < 4.78 is 11.7. The Balaban J connectivity index is 1.71. The van der Waals surface area contributed by atoms with E-state index in [0.717, 1.165) is 58.1 Å². The Kier molecular flexibility index (Phi) is 10.1. The maximum Gasteiger partial charge on any atom is 0.190 e. The first kappa shape index (κ1) is 20.7. The van der Waals surface area contributed by atoms with Crippen molar-refractivity contribution in [2.75, 3.05) is 40.0 Å². The third-order valence-corrected chi connectivity index (χ3v) is 4.73. The van der Waals surface area contributed by atoms with Crippen LogP contribution in [0.15, 0.2) is 35.3 Å². The molecule has 5 heteroatoms. The molecule has 2 N–H and O–H groups in total. The van der Waals surface area contributed by atoms with Crippen molar-refractivity contribution in [2.45, 2.75) is 45.1 Å². The number of unbranched alkanes of at least 4 members (excludes halogenated alkanes) is 1. The smallest absolute Gasteiger partial charge is 0.190 e. The maximum atomic E-state index is 6.07. The molecule has 1 heterocycles. The summed E-state index contributed by atoms with van der Waals surface area (Å²) in [5, 5.41) is 6.84. The summed E-state index contributed by atoms with van der Waals surface area (Å²) in [6, 6.07) is 10.5. The number of hydrogen-bond acceptors (Lipinski definition) is 3. The van der Waals surface area contributed by atoms with Crippen LogP contribution in [0.1, 0.15) is 50.7 Å². The lowest BCUT2D eigenvalue weighted by Gasteiger charge is -2.32. The monoisotopic (exact) mass is 361 g/mol. The van der Waals surface area contributed by atoms with Gasteiger partial charge in [0.05, 0.1) is 6.10 Å². The molecule has 0 saturated carbocycles. The number of ether oxygens (including phenoxy) is 2. The van der Waals surface area contributed by atoms with E-state index < -0.39 is 0 Å². The summed E-state index contributed by atoms with van der Waals surface area (Å²) >= 11 is 0. The molecule has 0 amide bonds. The zero-order chi connectivity index (χ0) is 18.5. The second-order valence-corrected chi connectivity index (χ2v) is 6.80. The Bertz CT molecular complexity index is 507. The fraction of sp³-hybridized carbons (Fsp3) is 0.667. The number of guanidine groups is 1. The minimum atomic E-state index is 0.169. The van der Waals surface area contributed by atoms with Gasteiger partial charge in [-0.2, -0.15) is 0 Å². The molecule has 1 aliphatic rings. The molecule has 1 aromatic rings. The largest absolute Gasteiger partial charge is 0.381 e. The topological polar surface area (TPSA) is 54.9 Å². The summed E-state index contributed by atoms with van der Waals surface area (Å²) in [5.41, 5.74) is 1.27. The Morgan fingerprint density at radius 2 is 2.00 bits per heavy atom. The molecule has 5 nitrogen and oxygen atoms in total. The molecule has 0 bridgehead atoms. The van der Waals surface area contributed by atoms with Gasteiger partial charge in [-0.1, -0.05) is 43.7 Å². The zero-order valence-electron chi connectivity index (χ0n) is 16.4. The van der Waals surface area contributed by atoms with E-state index in [1.165, 1.54) is 18.4 Å². The highest BCUT2D eigenvalue weighted by Gasteiger charge is 2.27. The van der Waals surface area contributed by atoms with Gasteiger partial charge in [-0.15, -0.1) is 0 Å². The number of benzene rings is 1. The molecular weight excluding hydrogens is 326 g/mol. The summed E-state index contributed by atoms with van der Waals surface area (Å²) in [6.07, 6.45) is 5.78. The van der Waals surface area contributed by atoms with Crippen LogP contribution in [-0.2, 0) is 9.47 Å². The van der Waals surface area contributed by atoms with Crippen LogP contribution < -0.4 is 10.6 Å². The minimum Gasteiger partial charge on any atom is -0.381 e. The molecule has 1 aliphatic heterocycles. The highest BCUT2D eigenvalue weighted by molar-refractivity contribution is 5.79. The van der Waals surface area contributed by atoms with Crippen LogP contribution in [0.5, 0.6) is 0 Å². The Morgan fingerprint density at radius 3 is 2.77 bits per heavy atom. The second kappa shape index (κ2) is 12.7. The SMILES string of the molecule is CCCCOCCCNC(=NC)NCC1CCCOC1c1ccccc1. The first-order chi connectivity index (χ1) is 12.8. The fourth-order valence-electron chi connectivity index (χ4n) is 3.24. The molecule has 2 unspecified atom stereocenters. The zero-order valence-corrected chi connectivity index (χ0v) is 16.4. The predicted octanol–water partition coefficient (Wildman–Crippen LogP) is 3.53. The van der Waals surface area contributed by atoms with Gasteiger partial charge in [0, 0.05) is 45.9 Å². The summed E-state index contributed by atoms with van der Waals surface area (Å²) in [4.78, 5) is 4.33. The van der Waals surface area contributed by atoms with Crippen molar-refractivity contribution in [3.8, 4) is 0 Å². The molecular formula is C21H35N3O2. The number of hydrogen-bond donors (Lipinski definition) is 2. The second-order valence-electron chi connectivity index (χ2n) is 6.80. The van der Waals surface area contributed by atoms with E-state index in [-0.39, 0.29) is 6.10 Å². The first-order valence-corrected chi connectivity index (χ1v) is 10.0. The Hall–Kier alpha value is -1.59. The number of nitrogens with one attached hydrogen (secondary N) is 2. The van der Waals surface area contributed by atoms with Crippen LogP contribution in [0.2, 0.25) is 0 Å². The highest BCUT2D eigenvalue weighted by atomic mass is 16.5. The molecule has 0 aliphatic carbocycles. The van der Waals surface area contributed by atoms with Crippen molar-refractivity contribution in [3.63, 3.8) is 0 Å². The number of nitrogens with zero attached hydrogens (tertiary/aromatic N) is 1. The van der Waals surface area contributed by atoms with Crippen LogP contribution >= 0.6 is 0 Å². The van der Waals surface area contributed by atoms with Gasteiger partial charge in [0.1, 0.15) is 0 Å². The molecule has 0 aromatic heterocycles. The third-order valence-electron chi connectivity index (χ3n) is 4.73. The summed E-state index contributed by atoms with van der Waals surface area (Å²) in [6.45, 7) is 6.44. The molecule has 2 rings (SSSR count). The van der Waals surface area contributed by atoms with Gasteiger partial charge in [0.15, 0.2) is 5.96 Å². The predicted molar refractivity (Wildman–Crippen MR) is 108 cm³/mol. The lowest BCUT2D eigenvalue weighted by atomic mass is 9.89.